The molecule has 2 aliphatic rings. The van der Waals surface area contributed by atoms with E-state index in [1.165, 1.54) is 49.9 Å². The average Bonchev–Trinajstić information content (AvgIpc) is 3.15. The van der Waals surface area contributed by atoms with E-state index in [1.54, 1.807) is 0 Å². The second-order valence-electron chi connectivity index (χ2n) is 7.82. The van der Waals surface area contributed by atoms with E-state index in [2.05, 4.69) is 46.7 Å². The number of amides is 1. The maximum absolute atomic E-state index is 12.4. The lowest BCUT2D eigenvalue weighted by atomic mass is 9.85. The Morgan fingerprint density at radius 2 is 1.89 bits per heavy atom. The number of benzene rings is 1. The van der Waals surface area contributed by atoms with Gasteiger partial charge in [0.25, 0.3) is 0 Å². The fourth-order valence-corrected chi connectivity index (χ4v) is 4.16. The van der Waals surface area contributed by atoms with Gasteiger partial charge >= 0.3 is 0 Å². The van der Waals surface area contributed by atoms with Crippen molar-refractivity contribution in [3.8, 4) is 0 Å². The molecule has 1 amide bonds. The molecule has 1 aromatic carbocycles. The van der Waals surface area contributed by atoms with Gasteiger partial charge in [0.1, 0.15) is 0 Å². The monoisotopic (exact) mass is 415 g/mol. The molecule has 2 unspecified atom stereocenters. The molecule has 2 saturated heterocycles. The van der Waals surface area contributed by atoms with Gasteiger partial charge in [-0.1, -0.05) is 31.2 Å². The SMILES string of the molecule is CC(CC(=O)NCc1ccccc1CN1CCCC1)C1CCCNC1.Cl.Cl. The number of carbonyl (C=O) groups excluding carboxylic acids is 1. The molecule has 0 aliphatic carbocycles. The number of nitrogens with one attached hydrogen (secondary N) is 2. The zero-order valence-corrected chi connectivity index (χ0v) is 18.0. The normalized spacial score (nSPS) is 21.0. The summed E-state index contributed by atoms with van der Waals surface area (Å²) in [5.41, 5.74) is 2.61. The van der Waals surface area contributed by atoms with Crippen LogP contribution >= 0.6 is 24.8 Å². The Balaban J connectivity index is 0.00000182. The minimum atomic E-state index is 0. The first kappa shape index (κ1) is 24.2. The summed E-state index contributed by atoms with van der Waals surface area (Å²) in [5, 5.41) is 6.61. The highest BCUT2D eigenvalue weighted by atomic mass is 35.5. The first-order valence-corrected chi connectivity index (χ1v) is 9.99. The molecule has 0 saturated carbocycles. The topological polar surface area (TPSA) is 44.4 Å². The summed E-state index contributed by atoms with van der Waals surface area (Å²) in [4.78, 5) is 14.9. The third-order valence-corrected chi connectivity index (χ3v) is 5.83. The Labute approximate surface area is 176 Å². The van der Waals surface area contributed by atoms with Gasteiger partial charge in [0.15, 0.2) is 0 Å². The van der Waals surface area contributed by atoms with Crippen LogP contribution in [-0.2, 0) is 17.9 Å². The van der Waals surface area contributed by atoms with Crippen LogP contribution in [0.2, 0.25) is 0 Å². The molecule has 4 nitrogen and oxygen atoms in total. The second-order valence-corrected chi connectivity index (χ2v) is 7.82. The quantitative estimate of drug-likeness (QED) is 0.711. The lowest BCUT2D eigenvalue weighted by molar-refractivity contribution is -0.122. The molecule has 1 aromatic rings. The zero-order valence-electron chi connectivity index (χ0n) is 16.4. The lowest BCUT2D eigenvalue weighted by Gasteiger charge is -2.28. The fourth-order valence-electron chi connectivity index (χ4n) is 4.16. The predicted molar refractivity (Wildman–Crippen MR) is 117 cm³/mol. The lowest BCUT2D eigenvalue weighted by Crippen LogP contribution is -2.35. The van der Waals surface area contributed by atoms with Gasteiger partial charge in [-0.2, -0.15) is 0 Å². The average molecular weight is 416 g/mol. The van der Waals surface area contributed by atoms with Crippen LogP contribution in [0.15, 0.2) is 24.3 Å². The van der Waals surface area contributed by atoms with E-state index in [0.717, 1.165) is 19.6 Å². The van der Waals surface area contributed by atoms with Crippen LogP contribution in [0.5, 0.6) is 0 Å². The number of halogens is 2. The van der Waals surface area contributed by atoms with E-state index in [-0.39, 0.29) is 30.7 Å². The van der Waals surface area contributed by atoms with Crippen molar-refractivity contribution >= 4 is 30.7 Å². The molecule has 2 fully saturated rings. The van der Waals surface area contributed by atoms with Gasteiger partial charge in [-0.25, -0.2) is 0 Å². The summed E-state index contributed by atoms with van der Waals surface area (Å²) in [6, 6.07) is 8.54. The smallest absolute Gasteiger partial charge is 0.220 e. The van der Waals surface area contributed by atoms with Crippen LogP contribution in [-0.4, -0.2) is 37.0 Å². The van der Waals surface area contributed by atoms with Crippen molar-refractivity contribution in [2.45, 2.75) is 52.1 Å². The molecule has 0 aromatic heterocycles. The Hall–Kier alpha value is -0.810. The third kappa shape index (κ3) is 7.61. The highest BCUT2D eigenvalue weighted by Crippen LogP contribution is 2.22. The summed E-state index contributed by atoms with van der Waals surface area (Å²) in [5.74, 6) is 1.28. The van der Waals surface area contributed by atoms with Crippen LogP contribution in [0, 0.1) is 11.8 Å². The molecular formula is C21H35Cl2N3O. The van der Waals surface area contributed by atoms with E-state index in [4.69, 9.17) is 0 Å². The van der Waals surface area contributed by atoms with Crippen molar-refractivity contribution in [3.05, 3.63) is 35.4 Å². The van der Waals surface area contributed by atoms with Crippen molar-refractivity contribution in [1.29, 1.82) is 0 Å². The molecule has 6 heteroatoms. The Morgan fingerprint density at radius 1 is 1.19 bits per heavy atom. The molecule has 0 spiro atoms. The van der Waals surface area contributed by atoms with Crippen LogP contribution in [0.4, 0.5) is 0 Å². The highest BCUT2D eigenvalue weighted by molar-refractivity contribution is 5.85. The number of carbonyl (C=O) groups is 1. The standard InChI is InChI=1S/C21H33N3O.2ClH/c1-17(18-9-6-10-22-14-18)13-21(25)23-15-19-7-2-3-8-20(19)16-24-11-4-5-12-24;;/h2-3,7-8,17-18,22H,4-6,9-16H2,1H3,(H,23,25);2*1H. The van der Waals surface area contributed by atoms with Crippen LogP contribution in [0.3, 0.4) is 0 Å². The molecule has 154 valence electrons. The predicted octanol–water partition coefficient (Wildman–Crippen LogP) is 3.77. The maximum Gasteiger partial charge on any atom is 0.220 e. The summed E-state index contributed by atoms with van der Waals surface area (Å²) in [6.07, 6.45) is 5.75. The number of rotatable bonds is 7. The molecule has 27 heavy (non-hydrogen) atoms. The van der Waals surface area contributed by atoms with E-state index >= 15 is 0 Å². The van der Waals surface area contributed by atoms with E-state index < -0.39 is 0 Å². The van der Waals surface area contributed by atoms with Gasteiger partial charge in [0.05, 0.1) is 0 Å². The molecule has 3 rings (SSSR count). The van der Waals surface area contributed by atoms with Crippen LogP contribution < -0.4 is 10.6 Å². The van der Waals surface area contributed by atoms with E-state index in [1.807, 2.05) is 0 Å². The van der Waals surface area contributed by atoms with Crippen LogP contribution in [0.25, 0.3) is 0 Å². The number of hydrogen-bond acceptors (Lipinski definition) is 3. The number of hydrogen-bond donors (Lipinski definition) is 2. The maximum atomic E-state index is 12.4. The number of likely N-dealkylation sites (tertiary alicyclic amines) is 1. The molecule has 2 atom stereocenters. The van der Waals surface area contributed by atoms with Crippen molar-refractivity contribution in [1.82, 2.24) is 15.5 Å². The van der Waals surface area contributed by atoms with Crippen molar-refractivity contribution in [3.63, 3.8) is 0 Å². The third-order valence-electron chi connectivity index (χ3n) is 5.83. The summed E-state index contributed by atoms with van der Waals surface area (Å²) < 4.78 is 0. The van der Waals surface area contributed by atoms with Gasteiger partial charge in [-0.15, -0.1) is 24.8 Å². The molecule has 0 radical (unpaired) electrons. The first-order valence-electron chi connectivity index (χ1n) is 9.99. The fraction of sp³-hybridized carbons (Fsp3) is 0.667. The number of nitrogens with zero attached hydrogens (tertiary/aromatic N) is 1. The Bertz CT molecular complexity index is 558. The molecular weight excluding hydrogens is 381 g/mol. The largest absolute Gasteiger partial charge is 0.352 e. The summed E-state index contributed by atoms with van der Waals surface area (Å²) in [6.45, 7) is 8.48. The van der Waals surface area contributed by atoms with Gasteiger partial charge in [-0.05, 0) is 74.8 Å². The summed E-state index contributed by atoms with van der Waals surface area (Å²) >= 11 is 0. The molecule has 0 bridgehead atoms. The van der Waals surface area contributed by atoms with Gasteiger partial charge in [0, 0.05) is 19.5 Å². The van der Waals surface area contributed by atoms with Gasteiger partial charge in [0.2, 0.25) is 5.91 Å². The Kier molecular flexibility index (Phi) is 11.3. The minimum Gasteiger partial charge on any atom is -0.352 e. The van der Waals surface area contributed by atoms with Crippen LogP contribution in [0.1, 0.15) is 50.2 Å². The Morgan fingerprint density at radius 3 is 2.56 bits per heavy atom. The van der Waals surface area contributed by atoms with Crippen molar-refractivity contribution in [2.24, 2.45) is 11.8 Å². The van der Waals surface area contributed by atoms with Crippen molar-refractivity contribution < 1.29 is 4.79 Å². The van der Waals surface area contributed by atoms with Crippen molar-refractivity contribution in [2.75, 3.05) is 26.2 Å². The minimum absolute atomic E-state index is 0. The molecule has 2 N–H and O–H groups in total. The highest BCUT2D eigenvalue weighted by Gasteiger charge is 2.22. The molecule has 2 heterocycles. The van der Waals surface area contributed by atoms with Gasteiger partial charge in [-0.3, -0.25) is 9.69 Å². The first-order chi connectivity index (χ1) is 12.2. The number of piperidine rings is 1. The zero-order chi connectivity index (χ0) is 17.5. The summed E-state index contributed by atoms with van der Waals surface area (Å²) in [7, 11) is 0. The van der Waals surface area contributed by atoms with Gasteiger partial charge < -0.3 is 10.6 Å². The molecule has 2 aliphatic heterocycles. The van der Waals surface area contributed by atoms with E-state index in [0.29, 0.717) is 24.8 Å². The second kappa shape index (κ2) is 12.6. The van der Waals surface area contributed by atoms with E-state index in [9.17, 15) is 4.79 Å².